The van der Waals surface area contributed by atoms with Gasteiger partial charge in [0.1, 0.15) is 11.3 Å². The van der Waals surface area contributed by atoms with E-state index in [-0.39, 0.29) is 23.3 Å². The molecule has 0 radical (unpaired) electrons. The lowest BCUT2D eigenvalue weighted by Gasteiger charge is -2.26. The van der Waals surface area contributed by atoms with Gasteiger partial charge in [0.25, 0.3) is 0 Å². The average Bonchev–Trinajstić information content (AvgIpc) is 3.40. The minimum atomic E-state index is -0.319. The summed E-state index contributed by atoms with van der Waals surface area (Å²) < 4.78 is 13.0. The first kappa shape index (κ1) is 26.3. The van der Waals surface area contributed by atoms with Crippen LogP contribution < -0.4 is 5.32 Å². The summed E-state index contributed by atoms with van der Waals surface area (Å²) in [5.41, 5.74) is 8.04. The number of carbonyl (C=O) groups is 1. The van der Waals surface area contributed by atoms with Crippen LogP contribution in [-0.2, 0) is 16.6 Å². The van der Waals surface area contributed by atoms with Crippen molar-refractivity contribution in [1.29, 1.82) is 0 Å². The first-order chi connectivity index (χ1) is 21.0. The molecule has 1 amide bonds. The molecule has 0 bridgehead atoms. The lowest BCUT2D eigenvalue weighted by atomic mass is 9.85. The first-order valence-electron chi connectivity index (χ1n) is 15.2. The topological polar surface area (TPSA) is 137 Å². The maximum Gasteiger partial charge on any atom is 0.315 e. The van der Waals surface area contributed by atoms with Crippen molar-refractivity contribution in [2.24, 2.45) is 0 Å². The zero-order chi connectivity index (χ0) is 29.1. The SMILES string of the molecule is Cc1c(-c2nc3c(-c4ccc5c(c4)CCCC5NC(=O)c4nc(C5(C)CC5)no4)ccnc3[nH]2)cnn1C1CCOCC1. The lowest BCUT2D eigenvalue weighted by molar-refractivity contribution is 0.0657. The normalized spacial score (nSPS) is 19.8. The molecule has 1 aromatic carbocycles. The number of nitrogens with zero attached hydrogens (tertiary/aromatic N) is 6. The number of hydrogen-bond donors (Lipinski definition) is 2. The van der Waals surface area contributed by atoms with E-state index < -0.39 is 0 Å². The van der Waals surface area contributed by atoms with Crippen LogP contribution in [0.15, 0.2) is 41.2 Å². The van der Waals surface area contributed by atoms with Gasteiger partial charge < -0.3 is 19.6 Å². The van der Waals surface area contributed by atoms with Gasteiger partial charge in [-0.1, -0.05) is 30.3 Å². The standard InChI is InChI=1S/C32H34N8O3/c1-18-24(17-34-40(18)21-9-14-42-15-10-21)27-36-26-23(8-13-33-28(26)37-27)20-6-7-22-19(16-20)4-3-5-25(22)35-29(41)30-38-31(39-43-30)32(2)11-12-32/h6-8,13,16-17,21,25H,3-5,9-12,14-15H2,1-2H3,(H,35,41)(H,33,36,37). The van der Waals surface area contributed by atoms with Crippen molar-refractivity contribution in [1.82, 2.24) is 40.2 Å². The van der Waals surface area contributed by atoms with Crippen LogP contribution in [0.4, 0.5) is 0 Å². The second-order valence-corrected chi connectivity index (χ2v) is 12.4. The van der Waals surface area contributed by atoms with Gasteiger partial charge in [0.05, 0.1) is 23.8 Å². The van der Waals surface area contributed by atoms with E-state index in [9.17, 15) is 4.79 Å². The highest BCUT2D eigenvalue weighted by Gasteiger charge is 2.44. The molecule has 1 unspecified atom stereocenters. The molecule has 2 aliphatic carbocycles. The fourth-order valence-electron chi connectivity index (χ4n) is 6.55. The number of H-pyrrole nitrogens is 1. The predicted octanol–water partition coefficient (Wildman–Crippen LogP) is 5.39. The van der Waals surface area contributed by atoms with Gasteiger partial charge in [-0.3, -0.25) is 9.48 Å². The number of rotatable bonds is 6. The molecule has 5 aromatic rings. The molecule has 1 atom stereocenters. The van der Waals surface area contributed by atoms with Crippen LogP contribution >= 0.6 is 0 Å². The zero-order valence-electron chi connectivity index (χ0n) is 24.4. The van der Waals surface area contributed by atoms with Crippen LogP contribution in [-0.4, -0.2) is 54.0 Å². The Bertz CT molecular complexity index is 1840. The van der Waals surface area contributed by atoms with Crippen LogP contribution in [0.1, 0.15) is 90.9 Å². The van der Waals surface area contributed by atoms with Gasteiger partial charge >= 0.3 is 11.8 Å². The van der Waals surface area contributed by atoms with Crippen LogP contribution in [0.25, 0.3) is 33.7 Å². The van der Waals surface area contributed by atoms with Crippen LogP contribution in [0.5, 0.6) is 0 Å². The van der Waals surface area contributed by atoms with Gasteiger partial charge in [-0.15, -0.1) is 0 Å². The molecule has 8 rings (SSSR count). The Labute approximate surface area is 248 Å². The summed E-state index contributed by atoms with van der Waals surface area (Å²) in [6.07, 6.45) is 10.5. The smallest absolute Gasteiger partial charge is 0.315 e. The summed E-state index contributed by atoms with van der Waals surface area (Å²) in [6, 6.07) is 8.72. The number of aromatic amines is 1. The second-order valence-electron chi connectivity index (χ2n) is 12.4. The van der Waals surface area contributed by atoms with E-state index in [0.29, 0.717) is 11.9 Å². The number of amides is 1. The third-order valence-electron chi connectivity index (χ3n) is 9.45. The summed E-state index contributed by atoms with van der Waals surface area (Å²) in [4.78, 5) is 30.5. The molecule has 11 nitrogen and oxygen atoms in total. The highest BCUT2D eigenvalue weighted by molar-refractivity contribution is 5.92. The largest absolute Gasteiger partial charge is 0.381 e. The number of ether oxygens (including phenoxy) is 1. The molecule has 0 spiro atoms. The van der Waals surface area contributed by atoms with E-state index in [2.05, 4.69) is 62.2 Å². The van der Waals surface area contributed by atoms with Gasteiger partial charge in [-0.2, -0.15) is 10.1 Å². The fraction of sp³-hybridized carbons (Fsp3) is 0.438. The van der Waals surface area contributed by atoms with E-state index in [1.165, 1.54) is 5.56 Å². The highest BCUT2D eigenvalue weighted by Crippen LogP contribution is 2.46. The number of hydrogen-bond acceptors (Lipinski definition) is 8. The summed E-state index contributed by atoms with van der Waals surface area (Å²) >= 11 is 0. The van der Waals surface area contributed by atoms with E-state index in [0.717, 1.165) is 103 Å². The van der Waals surface area contributed by atoms with Gasteiger partial charge in [-0.25, -0.2) is 9.97 Å². The minimum Gasteiger partial charge on any atom is -0.381 e. The van der Waals surface area contributed by atoms with Crippen molar-refractivity contribution in [3.05, 3.63) is 65.2 Å². The quantitative estimate of drug-likeness (QED) is 0.274. The molecule has 2 N–H and O–H groups in total. The average molecular weight is 579 g/mol. The van der Waals surface area contributed by atoms with E-state index in [1.54, 1.807) is 0 Å². The molecule has 1 saturated heterocycles. The van der Waals surface area contributed by atoms with Gasteiger partial charge in [0.2, 0.25) is 0 Å². The third kappa shape index (κ3) is 4.62. The molecule has 2 fully saturated rings. The Kier molecular flexibility index (Phi) is 6.18. The number of aryl methyl sites for hydroxylation is 1. The number of carbonyl (C=O) groups excluding carboxylic acids is 1. The van der Waals surface area contributed by atoms with Crippen molar-refractivity contribution in [2.45, 2.75) is 76.3 Å². The summed E-state index contributed by atoms with van der Waals surface area (Å²) in [6.45, 7) is 5.73. The van der Waals surface area contributed by atoms with E-state index in [4.69, 9.17) is 19.3 Å². The second kappa shape index (κ2) is 10.1. The monoisotopic (exact) mass is 578 g/mol. The molecular weight excluding hydrogens is 544 g/mol. The third-order valence-corrected chi connectivity index (χ3v) is 9.45. The van der Waals surface area contributed by atoms with Crippen molar-refractivity contribution in [2.75, 3.05) is 13.2 Å². The summed E-state index contributed by atoms with van der Waals surface area (Å²) in [7, 11) is 0. The molecule has 3 aliphatic rings. The number of fused-ring (bicyclic) bond motifs is 2. The Hall–Kier alpha value is -4.38. The fourth-order valence-corrected chi connectivity index (χ4v) is 6.55. The number of aromatic nitrogens is 7. The van der Waals surface area contributed by atoms with Gasteiger partial charge in [0, 0.05) is 36.1 Å². The van der Waals surface area contributed by atoms with Crippen molar-refractivity contribution >= 4 is 17.1 Å². The maximum atomic E-state index is 13.0. The number of imidazole rings is 1. The van der Waals surface area contributed by atoms with Gasteiger partial charge in [0.15, 0.2) is 11.5 Å². The van der Waals surface area contributed by atoms with Crippen molar-refractivity contribution in [3.63, 3.8) is 0 Å². The van der Waals surface area contributed by atoms with E-state index in [1.807, 2.05) is 18.5 Å². The Balaban J connectivity index is 1.06. The molecule has 43 heavy (non-hydrogen) atoms. The molecule has 1 saturated carbocycles. The van der Waals surface area contributed by atoms with Crippen LogP contribution in [0.2, 0.25) is 0 Å². The first-order valence-corrected chi connectivity index (χ1v) is 15.2. The summed E-state index contributed by atoms with van der Waals surface area (Å²) in [5.74, 6) is 1.11. The predicted molar refractivity (Wildman–Crippen MR) is 158 cm³/mol. The van der Waals surface area contributed by atoms with E-state index >= 15 is 0 Å². The van der Waals surface area contributed by atoms with Crippen LogP contribution in [0, 0.1) is 6.92 Å². The number of benzene rings is 1. The highest BCUT2D eigenvalue weighted by atomic mass is 16.5. The van der Waals surface area contributed by atoms with Crippen molar-refractivity contribution in [3.8, 4) is 22.5 Å². The molecule has 5 heterocycles. The Morgan fingerprint density at radius 1 is 1.12 bits per heavy atom. The number of nitrogens with one attached hydrogen (secondary N) is 2. The summed E-state index contributed by atoms with van der Waals surface area (Å²) in [5, 5.41) is 11.9. The molecular formula is C32H34N8O3. The molecule has 4 aromatic heterocycles. The molecule has 11 heteroatoms. The van der Waals surface area contributed by atoms with Crippen molar-refractivity contribution < 1.29 is 14.1 Å². The Morgan fingerprint density at radius 2 is 1.98 bits per heavy atom. The molecule has 1 aliphatic heterocycles. The minimum absolute atomic E-state index is 0.0360. The maximum absolute atomic E-state index is 13.0. The Morgan fingerprint density at radius 3 is 2.81 bits per heavy atom. The number of pyridine rings is 1. The molecule has 220 valence electrons. The zero-order valence-corrected chi connectivity index (χ0v) is 24.4. The van der Waals surface area contributed by atoms with Crippen LogP contribution in [0.3, 0.4) is 0 Å². The lowest BCUT2D eigenvalue weighted by Crippen LogP contribution is -2.31. The van der Waals surface area contributed by atoms with Gasteiger partial charge in [-0.05, 0) is 74.6 Å².